The van der Waals surface area contributed by atoms with E-state index in [1.165, 1.54) is 12.1 Å². The molecule has 17 heavy (non-hydrogen) atoms. The number of aromatic hydroxyl groups is 1. The first-order valence-electron chi connectivity index (χ1n) is 5.21. The van der Waals surface area contributed by atoms with Gasteiger partial charge in [0.1, 0.15) is 11.6 Å². The van der Waals surface area contributed by atoms with Gasteiger partial charge in [0.15, 0.2) is 0 Å². The van der Waals surface area contributed by atoms with Gasteiger partial charge in [-0.1, -0.05) is 0 Å². The number of phenolic OH excluding ortho intramolecular Hbond substituents is 1. The van der Waals surface area contributed by atoms with E-state index in [-0.39, 0.29) is 5.75 Å². The van der Waals surface area contributed by atoms with Crippen molar-refractivity contribution in [1.29, 1.82) is 0 Å². The van der Waals surface area contributed by atoms with Crippen LogP contribution < -0.4 is 0 Å². The highest BCUT2D eigenvalue weighted by molar-refractivity contribution is 5.63. The lowest BCUT2D eigenvalue weighted by Crippen LogP contribution is -2.03. The summed E-state index contributed by atoms with van der Waals surface area (Å²) in [6.07, 6.45) is 3.33. The lowest BCUT2D eigenvalue weighted by atomic mass is 10.1. The molecular weight excluding hydrogens is 223 g/mol. The van der Waals surface area contributed by atoms with E-state index in [0.717, 1.165) is 6.07 Å². The molecule has 0 bridgehead atoms. The molecule has 0 aliphatic carbocycles. The van der Waals surface area contributed by atoms with E-state index in [2.05, 4.69) is 5.10 Å². The summed E-state index contributed by atoms with van der Waals surface area (Å²) in [5, 5.41) is 13.2. The van der Waals surface area contributed by atoms with Crippen LogP contribution in [0.5, 0.6) is 5.75 Å². The Morgan fingerprint density at radius 2 is 2.29 bits per heavy atom. The Labute approximate surface area is 98.3 Å². The number of phenols is 1. The number of hydrogen-bond donors (Lipinski definition) is 1. The molecule has 0 saturated carbocycles. The molecule has 0 fully saturated rings. The Morgan fingerprint density at radius 1 is 1.47 bits per heavy atom. The van der Waals surface area contributed by atoms with Crippen molar-refractivity contribution < 1.29 is 14.2 Å². The number of ether oxygens (including phenoxy) is 1. The molecule has 0 saturated heterocycles. The van der Waals surface area contributed by atoms with Crippen LogP contribution in [0.2, 0.25) is 0 Å². The third kappa shape index (κ3) is 2.62. The van der Waals surface area contributed by atoms with Crippen LogP contribution in [0, 0.1) is 5.82 Å². The van der Waals surface area contributed by atoms with E-state index >= 15 is 0 Å². The van der Waals surface area contributed by atoms with Crippen LogP contribution in [0.3, 0.4) is 0 Å². The first-order valence-corrected chi connectivity index (χ1v) is 5.21. The molecule has 1 heterocycles. The maximum atomic E-state index is 13.6. The second-order valence-corrected chi connectivity index (χ2v) is 3.65. The fraction of sp³-hybridized carbons (Fsp3) is 0.250. The van der Waals surface area contributed by atoms with Gasteiger partial charge in [-0.15, -0.1) is 0 Å². The predicted octanol–water partition coefficient (Wildman–Crippen LogP) is 2.04. The molecule has 1 aromatic carbocycles. The lowest BCUT2D eigenvalue weighted by Gasteiger charge is -2.01. The Morgan fingerprint density at radius 3 is 3.00 bits per heavy atom. The topological polar surface area (TPSA) is 47.3 Å². The molecule has 0 spiro atoms. The Balaban J connectivity index is 2.24. The molecule has 0 aliphatic heterocycles. The Hall–Kier alpha value is -1.88. The molecule has 0 radical (unpaired) electrons. The van der Waals surface area contributed by atoms with E-state index < -0.39 is 5.82 Å². The summed E-state index contributed by atoms with van der Waals surface area (Å²) in [4.78, 5) is 0. The average Bonchev–Trinajstić information content (AvgIpc) is 2.75. The minimum absolute atomic E-state index is 0.0852. The molecule has 0 amide bonds. The van der Waals surface area contributed by atoms with Crippen molar-refractivity contribution in [3.8, 4) is 16.9 Å². The van der Waals surface area contributed by atoms with Gasteiger partial charge in [-0.2, -0.15) is 5.10 Å². The lowest BCUT2D eigenvalue weighted by molar-refractivity contribution is 0.183. The molecule has 2 rings (SSSR count). The molecule has 0 atom stereocenters. The summed E-state index contributed by atoms with van der Waals surface area (Å²) in [6.45, 7) is 1.18. The maximum Gasteiger partial charge on any atom is 0.134 e. The normalized spacial score (nSPS) is 10.7. The van der Waals surface area contributed by atoms with Crippen molar-refractivity contribution >= 4 is 0 Å². The fourth-order valence-electron chi connectivity index (χ4n) is 1.55. The van der Waals surface area contributed by atoms with Gasteiger partial charge in [0.05, 0.1) is 19.3 Å². The SMILES string of the molecule is COCCn1cc(-c2ccc(O)cc2F)cn1. The number of rotatable bonds is 4. The van der Waals surface area contributed by atoms with E-state index in [1.54, 1.807) is 24.2 Å². The van der Waals surface area contributed by atoms with Gasteiger partial charge in [-0.25, -0.2) is 4.39 Å². The number of aromatic nitrogens is 2. The number of methoxy groups -OCH3 is 1. The van der Waals surface area contributed by atoms with Crippen LogP contribution in [0.15, 0.2) is 30.6 Å². The molecule has 5 heteroatoms. The largest absolute Gasteiger partial charge is 0.508 e. The zero-order valence-corrected chi connectivity index (χ0v) is 9.43. The van der Waals surface area contributed by atoms with Crippen LogP contribution in [0.1, 0.15) is 0 Å². The van der Waals surface area contributed by atoms with Crippen molar-refractivity contribution in [3.05, 3.63) is 36.4 Å². The molecule has 2 aromatic rings. The predicted molar refractivity (Wildman–Crippen MR) is 61.2 cm³/mol. The smallest absolute Gasteiger partial charge is 0.134 e. The van der Waals surface area contributed by atoms with Crippen molar-refractivity contribution in [2.75, 3.05) is 13.7 Å². The van der Waals surface area contributed by atoms with Gasteiger partial charge in [0, 0.05) is 30.5 Å². The van der Waals surface area contributed by atoms with Crippen LogP contribution in [-0.4, -0.2) is 28.6 Å². The van der Waals surface area contributed by atoms with E-state index in [9.17, 15) is 4.39 Å². The van der Waals surface area contributed by atoms with Crippen molar-refractivity contribution in [1.82, 2.24) is 9.78 Å². The summed E-state index contributed by atoms with van der Waals surface area (Å²) in [5.74, 6) is -0.547. The van der Waals surface area contributed by atoms with Gasteiger partial charge < -0.3 is 9.84 Å². The molecule has 4 nitrogen and oxygen atoms in total. The molecule has 1 N–H and O–H groups in total. The van der Waals surface area contributed by atoms with Crippen LogP contribution in [-0.2, 0) is 11.3 Å². The van der Waals surface area contributed by atoms with Crippen LogP contribution >= 0.6 is 0 Å². The monoisotopic (exact) mass is 236 g/mol. The molecule has 90 valence electrons. The Kier molecular flexibility index (Phi) is 3.39. The highest BCUT2D eigenvalue weighted by Gasteiger charge is 2.08. The van der Waals surface area contributed by atoms with E-state index in [1.807, 2.05) is 0 Å². The maximum absolute atomic E-state index is 13.6. The zero-order chi connectivity index (χ0) is 12.3. The van der Waals surface area contributed by atoms with E-state index in [0.29, 0.717) is 24.3 Å². The standard InChI is InChI=1S/C12H13FN2O2/c1-17-5-4-15-8-9(7-14-15)11-3-2-10(16)6-12(11)13/h2-3,6-8,16H,4-5H2,1H3. The van der Waals surface area contributed by atoms with Gasteiger partial charge in [-0.05, 0) is 12.1 Å². The van der Waals surface area contributed by atoms with Crippen molar-refractivity contribution in [2.45, 2.75) is 6.54 Å². The van der Waals surface area contributed by atoms with Crippen molar-refractivity contribution in [2.24, 2.45) is 0 Å². The fourth-order valence-corrected chi connectivity index (χ4v) is 1.55. The molecular formula is C12H13FN2O2. The van der Waals surface area contributed by atoms with Gasteiger partial charge in [-0.3, -0.25) is 4.68 Å². The van der Waals surface area contributed by atoms with Crippen LogP contribution in [0.25, 0.3) is 11.1 Å². The third-order valence-electron chi connectivity index (χ3n) is 2.42. The number of hydrogen-bond acceptors (Lipinski definition) is 3. The summed E-state index contributed by atoms with van der Waals surface area (Å²) in [6, 6.07) is 4.06. The second kappa shape index (κ2) is 4.97. The van der Waals surface area contributed by atoms with Gasteiger partial charge >= 0.3 is 0 Å². The molecule has 1 aromatic heterocycles. The number of nitrogens with zero attached hydrogens (tertiary/aromatic N) is 2. The van der Waals surface area contributed by atoms with Gasteiger partial charge in [0.25, 0.3) is 0 Å². The van der Waals surface area contributed by atoms with Crippen LogP contribution in [0.4, 0.5) is 4.39 Å². The number of benzene rings is 1. The number of halogens is 1. The summed E-state index contributed by atoms with van der Waals surface area (Å²) in [5.41, 5.74) is 1.10. The highest BCUT2D eigenvalue weighted by atomic mass is 19.1. The minimum Gasteiger partial charge on any atom is -0.508 e. The minimum atomic E-state index is -0.462. The Bertz CT molecular complexity index is 511. The van der Waals surface area contributed by atoms with Crippen molar-refractivity contribution in [3.63, 3.8) is 0 Å². The summed E-state index contributed by atoms with van der Waals surface area (Å²) < 4.78 is 20.2. The van der Waals surface area contributed by atoms with Gasteiger partial charge in [0.2, 0.25) is 0 Å². The first kappa shape index (κ1) is 11.6. The molecule has 0 unspecified atom stereocenters. The third-order valence-corrected chi connectivity index (χ3v) is 2.42. The first-order chi connectivity index (χ1) is 8.20. The quantitative estimate of drug-likeness (QED) is 0.883. The highest BCUT2D eigenvalue weighted by Crippen LogP contribution is 2.25. The zero-order valence-electron chi connectivity index (χ0n) is 9.43. The summed E-state index contributed by atoms with van der Waals surface area (Å²) >= 11 is 0. The second-order valence-electron chi connectivity index (χ2n) is 3.65. The molecule has 0 aliphatic rings. The summed E-state index contributed by atoms with van der Waals surface area (Å²) in [7, 11) is 1.62. The average molecular weight is 236 g/mol. The van der Waals surface area contributed by atoms with E-state index in [4.69, 9.17) is 9.84 Å².